The first-order chi connectivity index (χ1) is 7.22. The van der Waals surface area contributed by atoms with E-state index in [1.165, 1.54) is 12.1 Å². The number of hydrogen-bond acceptors (Lipinski definition) is 3. The zero-order valence-corrected chi connectivity index (χ0v) is 7.97. The minimum atomic E-state index is -0.413. The molecular formula is C11H9NO3. The van der Waals surface area contributed by atoms with Crippen LogP contribution in [0.2, 0.25) is 0 Å². The van der Waals surface area contributed by atoms with E-state index in [4.69, 9.17) is 4.42 Å². The number of fused-ring (bicyclic) bond motifs is 1. The highest BCUT2D eigenvalue weighted by Gasteiger charge is 2.10. The van der Waals surface area contributed by atoms with Gasteiger partial charge in [0.25, 0.3) is 5.69 Å². The summed E-state index contributed by atoms with van der Waals surface area (Å²) in [5.74, 6) is 0. The Morgan fingerprint density at radius 3 is 3.00 bits per heavy atom. The standard InChI is InChI=1S/C11H9NO3/c1-2-3-8-7-15-11-5-4-9(12(13)14)6-10(8)11/h2,4-7H,1,3H2. The van der Waals surface area contributed by atoms with E-state index in [0.717, 1.165) is 10.9 Å². The van der Waals surface area contributed by atoms with Crippen molar-refractivity contribution < 1.29 is 9.34 Å². The number of nitro groups is 1. The van der Waals surface area contributed by atoms with Gasteiger partial charge in [0.05, 0.1) is 11.2 Å². The number of rotatable bonds is 3. The quantitative estimate of drug-likeness (QED) is 0.437. The van der Waals surface area contributed by atoms with E-state index in [1.807, 2.05) is 0 Å². The fourth-order valence-corrected chi connectivity index (χ4v) is 1.50. The van der Waals surface area contributed by atoms with Crippen molar-refractivity contribution in [1.29, 1.82) is 0 Å². The Hall–Kier alpha value is -2.10. The van der Waals surface area contributed by atoms with Crippen LogP contribution >= 0.6 is 0 Å². The molecule has 0 amide bonds. The number of benzene rings is 1. The number of nitrogens with zero attached hydrogens (tertiary/aromatic N) is 1. The van der Waals surface area contributed by atoms with Gasteiger partial charge in [0.1, 0.15) is 5.58 Å². The maximum atomic E-state index is 10.6. The maximum Gasteiger partial charge on any atom is 0.270 e. The zero-order chi connectivity index (χ0) is 10.8. The first kappa shape index (κ1) is 9.45. The molecule has 1 aromatic heterocycles. The number of hydrogen-bond donors (Lipinski definition) is 0. The van der Waals surface area contributed by atoms with Gasteiger partial charge in [-0.15, -0.1) is 6.58 Å². The van der Waals surface area contributed by atoms with Crippen molar-refractivity contribution in [2.75, 3.05) is 0 Å². The lowest BCUT2D eigenvalue weighted by molar-refractivity contribution is -0.384. The Kier molecular flexibility index (Phi) is 2.25. The van der Waals surface area contributed by atoms with Crippen LogP contribution < -0.4 is 0 Å². The highest BCUT2D eigenvalue weighted by Crippen LogP contribution is 2.26. The molecule has 0 saturated heterocycles. The molecule has 2 rings (SSSR count). The average Bonchev–Trinajstić information content (AvgIpc) is 2.61. The van der Waals surface area contributed by atoms with Crippen molar-refractivity contribution in [3.05, 3.63) is 52.8 Å². The van der Waals surface area contributed by atoms with Crippen molar-refractivity contribution in [1.82, 2.24) is 0 Å². The van der Waals surface area contributed by atoms with Crippen LogP contribution in [0.15, 0.2) is 41.5 Å². The van der Waals surface area contributed by atoms with E-state index in [9.17, 15) is 10.1 Å². The van der Waals surface area contributed by atoms with Crippen molar-refractivity contribution >= 4 is 16.7 Å². The number of nitro benzene ring substituents is 1. The maximum absolute atomic E-state index is 10.6. The number of non-ortho nitro benzene ring substituents is 1. The number of furan rings is 1. The minimum Gasteiger partial charge on any atom is -0.464 e. The fourth-order valence-electron chi connectivity index (χ4n) is 1.50. The van der Waals surface area contributed by atoms with Crippen LogP contribution in [0.25, 0.3) is 11.0 Å². The van der Waals surface area contributed by atoms with Gasteiger partial charge in [0.2, 0.25) is 0 Å². The van der Waals surface area contributed by atoms with Gasteiger partial charge in [-0.1, -0.05) is 6.08 Å². The lowest BCUT2D eigenvalue weighted by Crippen LogP contribution is -1.87. The van der Waals surface area contributed by atoms with Crippen LogP contribution in [0.5, 0.6) is 0 Å². The highest BCUT2D eigenvalue weighted by atomic mass is 16.6. The van der Waals surface area contributed by atoms with Crippen molar-refractivity contribution in [3.8, 4) is 0 Å². The van der Waals surface area contributed by atoms with Gasteiger partial charge in [-0.05, 0) is 12.5 Å². The summed E-state index contributed by atoms with van der Waals surface area (Å²) < 4.78 is 5.27. The van der Waals surface area contributed by atoms with Crippen LogP contribution in [0.4, 0.5) is 5.69 Å². The first-order valence-corrected chi connectivity index (χ1v) is 4.48. The summed E-state index contributed by atoms with van der Waals surface area (Å²) >= 11 is 0. The van der Waals surface area contributed by atoms with Gasteiger partial charge in [0, 0.05) is 23.1 Å². The molecule has 0 aliphatic heterocycles. The summed E-state index contributed by atoms with van der Waals surface area (Å²) in [7, 11) is 0. The molecule has 15 heavy (non-hydrogen) atoms. The lowest BCUT2D eigenvalue weighted by atomic mass is 10.1. The summed E-state index contributed by atoms with van der Waals surface area (Å²) in [6, 6.07) is 4.57. The van der Waals surface area contributed by atoms with Gasteiger partial charge in [-0.2, -0.15) is 0 Å². The van der Waals surface area contributed by atoms with Crippen LogP contribution in [-0.4, -0.2) is 4.92 Å². The smallest absolute Gasteiger partial charge is 0.270 e. The van der Waals surface area contributed by atoms with Crippen molar-refractivity contribution in [3.63, 3.8) is 0 Å². The van der Waals surface area contributed by atoms with Gasteiger partial charge in [-0.3, -0.25) is 10.1 Å². The van der Waals surface area contributed by atoms with E-state index in [0.29, 0.717) is 12.0 Å². The zero-order valence-electron chi connectivity index (χ0n) is 7.97. The van der Waals surface area contributed by atoms with E-state index in [2.05, 4.69) is 6.58 Å². The van der Waals surface area contributed by atoms with E-state index in [1.54, 1.807) is 18.4 Å². The summed E-state index contributed by atoms with van der Waals surface area (Å²) in [6.45, 7) is 3.62. The molecule has 0 fully saturated rings. The van der Waals surface area contributed by atoms with Gasteiger partial charge >= 0.3 is 0 Å². The average molecular weight is 203 g/mol. The highest BCUT2D eigenvalue weighted by molar-refractivity contribution is 5.83. The molecule has 0 N–H and O–H groups in total. The van der Waals surface area contributed by atoms with Crippen LogP contribution in [0, 0.1) is 10.1 Å². The molecule has 1 heterocycles. The van der Waals surface area contributed by atoms with Crippen LogP contribution in [-0.2, 0) is 6.42 Å². The topological polar surface area (TPSA) is 56.3 Å². The number of allylic oxidation sites excluding steroid dienone is 1. The predicted molar refractivity (Wildman–Crippen MR) is 56.8 cm³/mol. The summed E-state index contributed by atoms with van der Waals surface area (Å²) in [5, 5.41) is 11.4. The summed E-state index contributed by atoms with van der Waals surface area (Å²) in [4.78, 5) is 10.2. The third-order valence-electron chi connectivity index (χ3n) is 2.21. The molecular weight excluding hydrogens is 194 g/mol. The molecule has 0 unspecified atom stereocenters. The second kappa shape index (κ2) is 3.57. The van der Waals surface area contributed by atoms with E-state index in [-0.39, 0.29) is 5.69 Å². The second-order valence-corrected chi connectivity index (χ2v) is 3.19. The summed E-state index contributed by atoms with van der Waals surface area (Å²) in [5.41, 5.74) is 1.66. The molecule has 4 nitrogen and oxygen atoms in total. The molecule has 0 atom stereocenters. The van der Waals surface area contributed by atoms with Crippen LogP contribution in [0.1, 0.15) is 5.56 Å². The summed E-state index contributed by atoms with van der Waals surface area (Å²) in [6.07, 6.45) is 3.99. The first-order valence-electron chi connectivity index (χ1n) is 4.48. The Morgan fingerprint density at radius 1 is 1.53 bits per heavy atom. The van der Waals surface area contributed by atoms with Gasteiger partial charge < -0.3 is 4.42 Å². The third-order valence-corrected chi connectivity index (χ3v) is 2.21. The molecule has 0 spiro atoms. The van der Waals surface area contributed by atoms with Gasteiger partial charge in [-0.25, -0.2) is 0 Å². The Balaban J connectivity index is 2.60. The Labute approximate surface area is 86.0 Å². The van der Waals surface area contributed by atoms with Crippen molar-refractivity contribution in [2.45, 2.75) is 6.42 Å². The molecule has 4 heteroatoms. The van der Waals surface area contributed by atoms with E-state index >= 15 is 0 Å². The third kappa shape index (κ3) is 1.61. The normalized spacial score (nSPS) is 10.4. The molecule has 0 aliphatic rings. The van der Waals surface area contributed by atoms with Gasteiger partial charge in [0.15, 0.2) is 0 Å². The Bertz CT molecular complexity index is 528. The molecule has 0 aliphatic carbocycles. The van der Waals surface area contributed by atoms with E-state index < -0.39 is 4.92 Å². The predicted octanol–water partition coefficient (Wildman–Crippen LogP) is 3.07. The molecule has 0 saturated carbocycles. The Morgan fingerprint density at radius 2 is 2.33 bits per heavy atom. The monoisotopic (exact) mass is 203 g/mol. The molecule has 0 radical (unpaired) electrons. The molecule has 1 aromatic carbocycles. The molecule has 76 valence electrons. The lowest BCUT2D eigenvalue weighted by Gasteiger charge is -1.93. The molecule has 2 aromatic rings. The largest absolute Gasteiger partial charge is 0.464 e. The fraction of sp³-hybridized carbons (Fsp3) is 0.0909. The minimum absolute atomic E-state index is 0.0780. The SMILES string of the molecule is C=CCc1coc2ccc([N+](=O)[O-])cc12. The van der Waals surface area contributed by atoms with Crippen molar-refractivity contribution in [2.24, 2.45) is 0 Å². The second-order valence-electron chi connectivity index (χ2n) is 3.19. The molecule has 0 bridgehead atoms. The van der Waals surface area contributed by atoms with Crippen LogP contribution in [0.3, 0.4) is 0 Å².